The molecule has 1 atom stereocenters. The predicted octanol–water partition coefficient (Wildman–Crippen LogP) is 3.78. The van der Waals surface area contributed by atoms with E-state index in [-0.39, 0.29) is 11.9 Å². The molecule has 1 aliphatic heterocycles. The van der Waals surface area contributed by atoms with Crippen molar-refractivity contribution in [3.05, 3.63) is 77.9 Å². The second kappa shape index (κ2) is 12.6. The fourth-order valence-corrected chi connectivity index (χ4v) is 3.98. The van der Waals surface area contributed by atoms with Crippen LogP contribution in [0.3, 0.4) is 0 Å². The number of aromatic nitrogens is 2. The number of carbonyl (C=O) groups excluding carboxylic acids is 2. The van der Waals surface area contributed by atoms with Crippen molar-refractivity contribution in [3.63, 3.8) is 0 Å². The quantitative estimate of drug-likeness (QED) is 0.413. The van der Waals surface area contributed by atoms with Crippen LogP contribution in [0, 0.1) is 0 Å². The van der Waals surface area contributed by atoms with E-state index in [4.69, 9.17) is 20.3 Å². The number of hydrogen-bond donors (Lipinski definition) is 3. The van der Waals surface area contributed by atoms with Crippen molar-refractivity contribution in [3.8, 4) is 17.0 Å². The number of nitrogens with zero attached hydrogens (tertiary/aromatic N) is 2. The Morgan fingerprint density at radius 1 is 1.25 bits per heavy atom. The standard InChI is InChI=1S/C24H27N5O4.C3H6/c1-26-23-20(22(25)30)21(28-29(23)17-11-12-33-14-17)16-9-7-15(8-10-16)13-27-24(31)18-5-3-4-6-19(18)32-2;1-3-2/h3-10,17,26H,11-14H2,1-2H3,(H2,25,30)(H,27,31);3H,1H2,2H3. The second-order valence-corrected chi connectivity index (χ2v) is 8.14. The third kappa shape index (κ3) is 5.92. The average molecular weight is 492 g/mol. The van der Waals surface area contributed by atoms with Gasteiger partial charge in [-0.15, -0.1) is 6.58 Å². The van der Waals surface area contributed by atoms with Gasteiger partial charge in [0.25, 0.3) is 11.8 Å². The molecule has 1 fully saturated rings. The Hall–Kier alpha value is -4.11. The Morgan fingerprint density at radius 2 is 1.94 bits per heavy atom. The van der Waals surface area contributed by atoms with Crippen molar-refractivity contribution in [2.45, 2.75) is 25.9 Å². The second-order valence-electron chi connectivity index (χ2n) is 8.14. The molecule has 0 saturated carbocycles. The molecule has 190 valence electrons. The van der Waals surface area contributed by atoms with Gasteiger partial charge in [0.15, 0.2) is 0 Å². The molecule has 1 aliphatic rings. The molecule has 0 radical (unpaired) electrons. The molecule has 2 amide bonds. The predicted molar refractivity (Wildman–Crippen MR) is 140 cm³/mol. The van der Waals surface area contributed by atoms with Crippen LogP contribution in [0.2, 0.25) is 0 Å². The van der Waals surface area contributed by atoms with Crippen molar-refractivity contribution >= 4 is 17.6 Å². The highest BCUT2D eigenvalue weighted by molar-refractivity contribution is 6.03. The highest BCUT2D eigenvalue weighted by Gasteiger charge is 2.28. The lowest BCUT2D eigenvalue weighted by Crippen LogP contribution is -2.23. The van der Waals surface area contributed by atoms with Crippen molar-refractivity contribution in [2.24, 2.45) is 5.73 Å². The summed E-state index contributed by atoms with van der Waals surface area (Å²) in [4.78, 5) is 24.8. The molecule has 9 heteroatoms. The first-order valence-electron chi connectivity index (χ1n) is 11.7. The fourth-order valence-electron chi connectivity index (χ4n) is 3.98. The molecule has 0 bridgehead atoms. The Kier molecular flexibility index (Phi) is 9.24. The lowest BCUT2D eigenvalue weighted by Gasteiger charge is -2.12. The molecule has 3 aromatic rings. The van der Waals surface area contributed by atoms with Crippen LogP contribution in [0.1, 0.15) is 45.7 Å². The van der Waals surface area contributed by atoms with Crippen molar-refractivity contribution < 1.29 is 19.1 Å². The van der Waals surface area contributed by atoms with E-state index >= 15 is 0 Å². The Balaban J connectivity index is 0.00000115. The van der Waals surface area contributed by atoms with Crippen LogP contribution in [0.5, 0.6) is 5.75 Å². The van der Waals surface area contributed by atoms with Gasteiger partial charge in [0, 0.05) is 25.8 Å². The van der Waals surface area contributed by atoms with Gasteiger partial charge in [-0.1, -0.05) is 42.5 Å². The topological polar surface area (TPSA) is 121 Å². The van der Waals surface area contributed by atoms with Crippen LogP contribution >= 0.6 is 0 Å². The molecule has 1 unspecified atom stereocenters. The number of allylic oxidation sites excluding steroid dienone is 1. The molecule has 9 nitrogen and oxygen atoms in total. The Morgan fingerprint density at radius 3 is 2.53 bits per heavy atom. The normalized spacial score (nSPS) is 14.4. The zero-order valence-electron chi connectivity index (χ0n) is 20.9. The van der Waals surface area contributed by atoms with Gasteiger partial charge in [-0.05, 0) is 31.0 Å². The van der Waals surface area contributed by atoms with Gasteiger partial charge in [-0.25, -0.2) is 4.68 Å². The number of primary amides is 1. The zero-order chi connectivity index (χ0) is 26.1. The summed E-state index contributed by atoms with van der Waals surface area (Å²) in [6, 6.07) is 14.6. The number of anilines is 1. The SMILES string of the molecule is C=CC.CNc1c(C(N)=O)c(-c2ccc(CNC(=O)c3ccccc3OC)cc2)nn1C1CCOC1. The minimum Gasteiger partial charge on any atom is -0.496 e. The van der Waals surface area contributed by atoms with Crippen LogP contribution in [0.15, 0.2) is 61.2 Å². The summed E-state index contributed by atoms with van der Waals surface area (Å²) in [7, 11) is 3.28. The number of carbonyl (C=O) groups is 2. The highest BCUT2D eigenvalue weighted by Crippen LogP contribution is 2.33. The van der Waals surface area contributed by atoms with Crippen molar-refractivity contribution in [1.29, 1.82) is 0 Å². The largest absolute Gasteiger partial charge is 0.496 e. The minimum atomic E-state index is -0.548. The number of ether oxygens (including phenoxy) is 2. The monoisotopic (exact) mass is 491 g/mol. The number of nitrogens with two attached hydrogens (primary N) is 1. The summed E-state index contributed by atoms with van der Waals surface area (Å²) in [5, 5.41) is 10.7. The number of methoxy groups -OCH3 is 1. The lowest BCUT2D eigenvalue weighted by molar-refractivity contribution is 0.0946. The molecule has 2 aromatic carbocycles. The Bertz CT molecular complexity index is 1200. The number of benzene rings is 2. The third-order valence-corrected chi connectivity index (χ3v) is 5.68. The van der Waals surface area contributed by atoms with E-state index in [0.29, 0.717) is 48.1 Å². The van der Waals surface area contributed by atoms with Crippen LogP contribution < -0.4 is 21.1 Å². The number of rotatable bonds is 8. The smallest absolute Gasteiger partial charge is 0.255 e. The maximum Gasteiger partial charge on any atom is 0.255 e. The van der Waals surface area contributed by atoms with Crippen molar-refractivity contribution in [1.82, 2.24) is 15.1 Å². The molecular formula is C27H33N5O4. The fraction of sp³-hybridized carbons (Fsp3) is 0.296. The third-order valence-electron chi connectivity index (χ3n) is 5.68. The Labute approximate surface area is 211 Å². The van der Waals surface area contributed by atoms with Gasteiger partial charge < -0.3 is 25.8 Å². The van der Waals surface area contributed by atoms with Gasteiger partial charge >= 0.3 is 0 Å². The van der Waals surface area contributed by atoms with E-state index in [1.165, 1.54) is 7.11 Å². The summed E-state index contributed by atoms with van der Waals surface area (Å²) in [5.74, 6) is 0.338. The van der Waals surface area contributed by atoms with Crippen LogP contribution in [-0.4, -0.2) is 49.0 Å². The maximum atomic E-state index is 12.5. The molecule has 1 saturated heterocycles. The number of para-hydroxylation sites is 1. The van der Waals surface area contributed by atoms with Crippen LogP contribution in [-0.2, 0) is 11.3 Å². The van der Waals surface area contributed by atoms with E-state index in [1.807, 2.05) is 37.3 Å². The zero-order valence-corrected chi connectivity index (χ0v) is 20.9. The first-order valence-corrected chi connectivity index (χ1v) is 11.7. The number of hydrogen-bond acceptors (Lipinski definition) is 6. The van der Waals surface area contributed by atoms with Gasteiger partial charge in [0.1, 0.15) is 22.8 Å². The molecular weight excluding hydrogens is 458 g/mol. The van der Waals surface area contributed by atoms with E-state index in [0.717, 1.165) is 17.5 Å². The number of nitrogens with one attached hydrogen (secondary N) is 2. The van der Waals surface area contributed by atoms with E-state index in [9.17, 15) is 9.59 Å². The molecule has 0 spiro atoms. The lowest BCUT2D eigenvalue weighted by atomic mass is 10.0. The average Bonchev–Trinajstić information content (AvgIpc) is 3.56. The molecule has 4 N–H and O–H groups in total. The number of amides is 2. The van der Waals surface area contributed by atoms with Gasteiger partial charge in [0.2, 0.25) is 0 Å². The summed E-state index contributed by atoms with van der Waals surface area (Å²) < 4.78 is 12.5. The molecule has 1 aromatic heterocycles. The van der Waals surface area contributed by atoms with E-state index < -0.39 is 5.91 Å². The molecule has 0 aliphatic carbocycles. The first kappa shape index (κ1) is 26.5. The minimum absolute atomic E-state index is 0.0452. The maximum absolute atomic E-state index is 12.5. The first-order chi connectivity index (χ1) is 17.4. The van der Waals surface area contributed by atoms with Gasteiger partial charge in [-0.3, -0.25) is 9.59 Å². The summed E-state index contributed by atoms with van der Waals surface area (Å²) in [6.07, 6.45) is 2.57. The van der Waals surface area contributed by atoms with Crippen molar-refractivity contribution in [2.75, 3.05) is 32.7 Å². The van der Waals surface area contributed by atoms with E-state index in [2.05, 4.69) is 17.2 Å². The van der Waals surface area contributed by atoms with Crippen LogP contribution in [0.25, 0.3) is 11.3 Å². The molecule has 4 rings (SSSR count). The van der Waals surface area contributed by atoms with Gasteiger partial charge in [-0.2, -0.15) is 5.10 Å². The van der Waals surface area contributed by atoms with E-state index in [1.54, 1.807) is 36.0 Å². The van der Waals surface area contributed by atoms with Gasteiger partial charge in [0.05, 0.1) is 25.3 Å². The highest BCUT2D eigenvalue weighted by atomic mass is 16.5. The summed E-state index contributed by atoms with van der Waals surface area (Å²) >= 11 is 0. The molecule has 36 heavy (non-hydrogen) atoms. The molecule has 2 heterocycles. The summed E-state index contributed by atoms with van der Waals surface area (Å²) in [5.41, 5.74) is 8.72. The summed E-state index contributed by atoms with van der Waals surface area (Å²) in [6.45, 7) is 6.79. The van der Waals surface area contributed by atoms with Crippen LogP contribution in [0.4, 0.5) is 5.82 Å².